The second-order valence-electron chi connectivity index (χ2n) is 8.98. The zero-order valence-corrected chi connectivity index (χ0v) is 21.4. The molecule has 0 atom stereocenters. The predicted octanol–water partition coefficient (Wildman–Crippen LogP) is 7.94. The molecule has 4 aliphatic rings. The summed E-state index contributed by atoms with van der Waals surface area (Å²) in [5.41, 5.74) is 4.84. The van der Waals surface area contributed by atoms with Crippen LogP contribution in [0.4, 0.5) is 0 Å². The van der Waals surface area contributed by atoms with Crippen LogP contribution in [0, 0.1) is 62.9 Å². The van der Waals surface area contributed by atoms with E-state index in [1.807, 2.05) is 32.1 Å². The maximum Gasteiger partial charge on any atom is 0.122 e. The molecule has 3 heteroatoms. The van der Waals surface area contributed by atoms with Crippen molar-refractivity contribution in [2.45, 2.75) is 75.5 Å². The second kappa shape index (κ2) is 14.4. The van der Waals surface area contributed by atoms with Gasteiger partial charge in [0.15, 0.2) is 0 Å². The molecule has 0 aliphatic heterocycles. The van der Waals surface area contributed by atoms with Crippen LogP contribution in [0.2, 0.25) is 0 Å². The Morgan fingerprint density at radius 3 is 1.75 bits per heavy atom. The molecule has 0 N–H and O–H groups in total. The molecule has 10 radical (unpaired) electrons. The Morgan fingerprint density at radius 1 is 0.688 bits per heavy atom. The average molecular weight is 488 g/mol. The van der Waals surface area contributed by atoms with Crippen LogP contribution in [-0.4, -0.2) is 18.4 Å². The van der Waals surface area contributed by atoms with Gasteiger partial charge in [-0.3, -0.25) is 0 Å². The maximum absolute atomic E-state index is 5.70. The molecule has 172 valence electrons. The van der Waals surface area contributed by atoms with E-state index in [0.29, 0.717) is 0 Å². The van der Waals surface area contributed by atoms with Crippen LogP contribution in [0.25, 0.3) is 0 Å². The van der Waals surface area contributed by atoms with E-state index in [9.17, 15) is 0 Å². The molecular weight excluding hydrogens is 451 g/mol. The fourth-order valence-corrected chi connectivity index (χ4v) is 9.42. The molecule has 4 aliphatic carbocycles. The Balaban J connectivity index is 0.000000427. The van der Waals surface area contributed by atoms with Gasteiger partial charge < -0.3 is 4.74 Å². The summed E-state index contributed by atoms with van der Waals surface area (Å²) in [6.45, 7) is 0. The third-order valence-corrected chi connectivity index (χ3v) is 10.5. The number of rotatable bonds is 5. The maximum atomic E-state index is 5.70. The van der Waals surface area contributed by atoms with Crippen LogP contribution in [0.15, 0.2) is 24.3 Å². The summed E-state index contributed by atoms with van der Waals surface area (Å²) >= 11 is 0. The first-order chi connectivity index (χ1) is 15.4. The van der Waals surface area contributed by atoms with Gasteiger partial charge in [-0.1, -0.05) is 64.6 Å². The smallest absolute Gasteiger partial charge is 0.122 e. The monoisotopic (exact) mass is 488 g/mol. The fraction of sp³-hybridized carbons (Fsp3) is 0.448. The van der Waals surface area contributed by atoms with Crippen molar-refractivity contribution in [2.24, 2.45) is 0 Å². The minimum Gasteiger partial charge on any atom is -0.496 e. The molecule has 1 nitrogen and oxygen atoms in total. The van der Waals surface area contributed by atoms with Gasteiger partial charge in [0, 0.05) is 34.2 Å². The van der Waals surface area contributed by atoms with Crippen molar-refractivity contribution in [3.05, 3.63) is 92.8 Å². The van der Waals surface area contributed by atoms with Crippen molar-refractivity contribution in [1.82, 2.24) is 0 Å². The number of benzene rings is 1. The van der Waals surface area contributed by atoms with Gasteiger partial charge >= 0.3 is 0 Å². The summed E-state index contributed by atoms with van der Waals surface area (Å²) < 4.78 is 5.70. The van der Waals surface area contributed by atoms with Gasteiger partial charge in [-0.25, -0.2) is 0 Å². The molecular formula is C29H37FeOP. The van der Waals surface area contributed by atoms with Crippen LogP contribution in [0.5, 0.6) is 5.75 Å². The van der Waals surface area contributed by atoms with Gasteiger partial charge in [-0.05, 0) is 94.4 Å². The molecule has 0 aromatic heterocycles. The number of hydrogen-bond donors (Lipinski definition) is 0. The molecule has 1 aromatic rings. The zero-order valence-electron chi connectivity index (χ0n) is 19.4. The quantitative estimate of drug-likeness (QED) is 0.302. The number of para-hydroxylation sites is 1. The van der Waals surface area contributed by atoms with E-state index in [1.165, 1.54) is 75.7 Å². The first-order valence-corrected chi connectivity index (χ1v) is 13.7. The van der Waals surface area contributed by atoms with Gasteiger partial charge in [-0.2, -0.15) is 0 Å². The van der Waals surface area contributed by atoms with E-state index in [4.69, 9.17) is 4.74 Å². The molecule has 1 aromatic carbocycles. The second-order valence-corrected chi connectivity index (χ2v) is 11.7. The third-order valence-electron chi connectivity index (χ3n) is 6.96. The van der Waals surface area contributed by atoms with Crippen LogP contribution in [0.1, 0.15) is 69.8 Å². The normalized spacial score (nSPS) is 23.6. The molecule has 0 unspecified atom stereocenters. The third kappa shape index (κ3) is 6.99. The average Bonchev–Trinajstić information content (AvgIpc) is 3.57. The van der Waals surface area contributed by atoms with Crippen molar-refractivity contribution >= 4 is 7.92 Å². The van der Waals surface area contributed by atoms with E-state index in [2.05, 4.69) is 43.5 Å². The zero-order chi connectivity index (χ0) is 21.3. The Kier molecular flexibility index (Phi) is 11.9. The Hall–Kier alpha value is -0.0305. The van der Waals surface area contributed by atoms with Gasteiger partial charge in [0.1, 0.15) is 5.75 Å². The summed E-state index contributed by atoms with van der Waals surface area (Å²) in [4.78, 5) is 0. The van der Waals surface area contributed by atoms with Crippen LogP contribution in [0.3, 0.4) is 0 Å². The minimum atomic E-state index is -0.0724. The fourth-order valence-electron chi connectivity index (χ4n) is 5.46. The molecule has 0 spiro atoms. The van der Waals surface area contributed by atoms with E-state index in [-0.39, 0.29) is 25.0 Å². The Bertz CT molecular complexity index is 608. The van der Waals surface area contributed by atoms with Crippen molar-refractivity contribution in [2.75, 3.05) is 7.11 Å². The first-order valence-electron chi connectivity index (χ1n) is 12.2. The largest absolute Gasteiger partial charge is 0.496 e. The van der Waals surface area contributed by atoms with E-state index in [1.54, 1.807) is 12.8 Å². The minimum absolute atomic E-state index is 0. The van der Waals surface area contributed by atoms with Crippen molar-refractivity contribution < 1.29 is 21.8 Å². The van der Waals surface area contributed by atoms with Crippen molar-refractivity contribution in [3.63, 3.8) is 0 Å². The summed E-state index contributed by atoms with van der Waals surface area (Å²) in [7, 11) is 1.73. The Morgan fingerprint density at radius 2 is 1.22 bits per heavy atom. The van der Waals surface area contributed by atoms with Crippen LogP contribution in [-0.2, 0) is 17.1 Å². The number of methoxy groups -OCH3 is 1. The topological polar surface area (TPSA) is 9.23 Å². The van der Waals surface area contributed by atoms with E-state index in [0.717, 1.165) is 17.1 Å². The molecule has 4 saturated carbocycles. The molecule has 0 amide bonds. The van der Waals surface area contributed by atoms with Gasteiger partial charge in [0.25, 0.3) is 0 Å². The van der Waals surface area contributed by atoms with Crippen LogP contribution >= 0.6 is 7.92 Å². The van der Waals surface area contributed by atoms with Crippen molar-refractivity contribution in [1.29, 1.82) is 0 Å². The standard InChI is InChI=1S/C24H32OP.C5H5.Fe/c1-25-23-17-9-8-15-21(23)22-16-10-18-24(22)26(19-11-4-2-5-12-19)20-13-6-3-7-14-20;1-2-4-5-3-1;/h8-10,15-20H,2-7,11-14H2,1H3;1-5H;. The first kappa shape index (κ1) is 26.6. The van der Waals surface area contributed by atoms with E-state index >= 15 is 0 Å². The summed E-state index contributed by atoms with van der Waals surface area (Å²) in [5, 5.41) is 0. The predicted molar refractivity (Wildman–Crippen MR) is 134 cm³/mol. The summed E-state index contributed by atoms with van der Waals surface area (Å²) in [6, 6.07) is 8.58. The molecule has 5 rings (SSSR count). The van der Waals surface area contributed by atoms with E-state index < -0.39 is 0 Å². The Labute approximate surface area is 210 Å². The molecule has 4 fully saturated rings. The molecule has 0 heterocycles. The molecule has 32 heavy (non-hydrogen) atoms. The number of ether oxygens (including phenoxy) is 1. The number of hydrogen-bond acceptors (Lipinski definition) is 1. The molecule has 0 saturated heterocycles. The summed E-state index contributed by atoms with van der Waals surface area (Å²) in [5.74, 6) is 2.46. The van der Waals surface area contributed by atoms with Gasteiger partial charge in [0.2, 0.25) is 0 Å². The summed E-state index contributed by atoms with van der Waals surface area (Å²) in [6.07, 6.45) is 31.6. The SMILES string of the molecule is COc1ccccc1[C]1[CH][CH][CH][C]1P(C1CCCCC1)C1CCCCC1.[CH]1[CH][CH][CH][CH]1.[Fe]. The van der Waals surface area contributed by atoms with Crippen LogP contribution < -0.4 is 4.74 Å². The molecule has 0 bridgehead atoms. The van der Waals surface area contributed by atoms with Crippen molar-refractivity contribution in [3.8, 4) is 5.75 Å². The van der Waals surface area contributed by atoms with Gasteiger partial charge in [-0.15, -0.1) is 0 Å². The van der Waals surface area contributed by atoms with Gasteiger partial charge in [0.05, 0.1) is 7.11 Å².